The van der Waals surface area contributed by atoms with Gasteiger partial charge in [0, 0.05) is 0 Å². The second-order valence-electron chi connectivity index (χ2n) is 3.15. The van der Waals surface area contributed by atoms with Gasteiger partial charge >= 0.3 is 0 Å². The molecular formula is C12H18. The molecule has 0 unspecified atom stereocenters. The molecule has 0 heterocycles. The van der Waals surface area contributed by atoms with Crippen molar-refractivity contribution in [3.63, 3.8) is 0 Å². The highest BCUT2D eigenvalue weighted by molar-refractivity contribution is 4.93. The molecule has 0 saturated heterocycles. The van der Waals surface area contributed by atoms with Gasteiger partial charge in [0.05, 0.1) is 0 Å². The van der Waals surface area contributed by atoms with E-state index in [9.17, 15) is 0 Å². The summed E-state index contributed by atoms with van der Waals surface area (Å²) in [5.41, 5.74) is 0. The minimum Gasteiger partial charge on any atom is -0.0882 e. The molecule has 0 heteroatoms. The second-order valence-corrected chi connectivity index (χ2v) is 3.15. The second kappa shape index (κ2) is 6.90. The van der Waals surface area contributed by atoms with Gasteiger partial charge in [-0.3, -0.25) is 0 Å². The van der Waals surface area contributed by atoms with Crippen LogP contribution in [-0.4, -0.2) is 0 Å². The molecule has 0 amide bonds. The molecule has 12 heavy (non-hydrogen) atoms. The monoisotopic (exact) mass is 162 g/mol. The molecule has 0 atom stereocenters. The molecule has 0 aromatic heterocycles. The van der Waals surface area contributed by atoms with E-state index < -0.39 is 0 Å². The third-order valence-corrected chi connectivity index (χ3v) is 2.00. The van der Waals surface area contributed by atoms with Crippen molar-refractivity contribution in [1.29, 1.82) is 0 Å². The van der Waals surface area contributed by atoms with E-state index in [0.717, 1.165) is 0 Å². The Labute approximate surface area is 75.7 Å². The van der Waals surface area contributed by atoms with Crippen LogP contribution in [0, 0.1) is 0 Å². The Balaban J connectivity index is 2.30. The first kappa shape index (κ1) is 9.31. The van der Waals surface area contributed by atoms with E-state index >= 15 is 0 Å². The Bertz CT molecular complexity index is 121. The van der Waals surface area contributed by atoms with Crippen molar-refractivity contribution >= 4 is 0 Å². The summed E-state index contributed by atoms with van der Waals surface area (Å²) in [5.74, 6) is 0. The molecule has 0 N–H and O–H groups in total. The summed E-state index contributed by atoms with van der Waals surface area (Å²) in [6.45, 7) is 0. The van der Waals surface area contributed by atoms with Crippen LogP contribution in [0.25, 0.3) is 0 Å². The zero-order chi connectivity index (χ0) is 8.49. The van der Waals surface area contributed by atoms with E-state index in [1.807, 2.05) is 0 Å². The van der Waals surface area contributed by atoms with Crippen molar-refractivity contribution in [2.75, 3.05) is 0 Å². The average Bonchev–Trinajstić information content (AvgIpc) is 2.05. The normalized spacial score (nSPS) is 28.0. The van der Waals surface area contributed by atoms with Gasteiger partial charge in [0.25, 0.3) is 0 Å². The summed E-state index contributed by atoms with van der Waals surface area (Å²) in [6, 6.07) is 0. The fourth-order valence-corrected chi connectivity index (χ4v) is 1.28. The van der Waals surface area contributed by atoms with Crippen LogP contribution < -0.4 is 0 Å². The lowest BCUT2D eigenvalue weighted by Gasteiger charge is -1.92. The van der Waals surface area contributed by atoms with Gasteiger partial charge in [-0.05, 0) is 38.5 Å². The lowest BCUT2D eigenvalue weighted by molar-refractivity contribution is 0.962. The molecule has 0 spiro atoms. The van der Waals surface area contributed by atoms with Gasteiger partial charge in [-0.1, -0.05) is 36.5 Å². The van der Waals surface area contributed by atoms with E-state index in [0.29, 0.717) is 0 Å². The minimum absolute atomic E-state index is 1.21. The number of allylic oxidation sites excluding steroid dienone is 6. The van der Waals surface area contributed by atoms with Gasteiger partial charge in [0.2, 0.25) is 0 Å². The van der Waals surface area contributed by atoms with Crippen LogP contribution >= 0.6 is 0 Å². The molecule has 0 bridgehead atoms. The molecule has 1 aliphatic rings. The van der Waals surface area contributed by atoms with Crippen LogP contribution in [-0.2, 0) is 0 Å². The van der Waals surface area contributed by atoms with Gasteiger partial charge in [-0.2, -0.15) is 0 Å². The molecule has 0 aliphatic heterocycles. The van der Waals surface area contributed by atoms with Crippen LogP contribution in [0.1, 0.15) is 38.5 Å². The molecule has 0 radical (unpaired) electrons. The average molecular weight is 162 g/mol. The molecule has 0 fully saturated rings. The molecular weight excluding hydrogens is 144 g/mol. The third kappa shape index (κ3) is 4.95. The maximum Gasteiger partial charge on any atom is -0.0316 e. The maximum absolute atomic E-state index is 2.29. The fraction of sp³-hybridized carbons (Fsp3) is 0.500. The predicted molar refractivity (Wildman–Crippen MR) is 55.1 cm³/mol. The lowest BCUT2D eigenvalue weighted by Crippen LogP contribution is -1.71. The Morgan fingerprint density at radius 2 is 0.500 bits per heavy atom. The van der Waals surface area contributed by atoms with E-state index in [4.69, 9.17) is 0 Å². The SMILES string of the molecule is C1=C/CC/C=C/CC/C=C/CC/1. The third-order valence-electron chi connectivity index (χ3n) is 2.00. The zero-order valence-electron chi connectivity index (χ0n) is 7.71. The summed E-state index contributed by atoms with van der Waals surface area (Å²) in [7, 11) is 0. The molecule has 1 rings (SSSR count). The van der Waals surface area contributed by atoms with Gasteiger partial charge in [0.15, 0.2) is 0 Å². The number of rotatable bonds is 0. The lowest BCUT2D eigenvalue weighted by atomic mass is 10.1. The first-order valence-electron chi connectivity index (χ1n) is 4.95. The Hall–Kier alpha value is -0.780. The van der Waals surface area contributed by atoms with Crippen LogP contribution in [0.4, 0.5) is 0 Å². The standard InChI is InChI=1S/C12H18/c1-2-4-6-8-10-12-11-9-7-5-3-1/h1-2,7-10H,3-6,11-12H2/b2-1+,9-7+,10-8+. The fourth-order valence-electron chi connectivity index (χ4n) is 1.28. The molecule has 0 aromatic carbocycles. The van der Waals surface area contributed by atoms with E-state index in [1.165, 1.54) is 38.5 Å². The largest absolute Gasteiger partial charge is 0.0882 e. The van der Waals surface area contributed by atoms with Gasteiger partial charge in [-0.15, -0.1) is 0 Å². The molecule has 0 aromatic rings. The van der Waals surface area contributed by atoms with Crippen molar-refractivity contribution in [2.24, 2.45) is 0 Å². The van der Waals surface area contributed by atoms with Crippen LogP contribution in [0.5, 0.6) is 0 Å². The molecule has 66 valence electrons. The maximum atomic E-state index is 2.29. The zero-order valence-corrected chi connectivity index (χ0v) is 7.71. The summed E-state index contributed by atoms with van der Waals surface area (Å²) < 4.78 is 0. The van der Waals surface area contributed by atoms with Crippen LogP contribution in [0.2, 0.25) is 0 Å². The Kier molecular flexibility index (Phi) is 5.35. The topological polar surface area (TPSA) is 0 Å². The first-order valence-corrected chi connectivity index (χ1v) is 4.95. The molecule has 0 saturated carbocycles. The summed E-state index contributed by atoms with van der Waals surface area (Å²) in [6.07, 6.45) is 21.0. The summed E-state index contributed by atoms with van der Waals surface area (Å²) in [4.78, 5) is 0. The summed E-state index contributed by atoms with van der Waals surface area (Å²) >= 11 is 0. The van der Waals surface area contributed by atoms with E-state index in [1.54, 1.807) is 0 Å². The van der Waals surface area contributed by atoms with E-state index in [-0.39, 0.29) is 0 Å². The van der Waals surface area contributed by atoms with Crippen LogP contribution in [0.3, 0.4) is 0 Å². The Morgan fingerprint density at radius 3 is 0.667 bits per heavy atom. The number of hydrogen-bond donors (Lipinski definition) is 0. The van der Waals surface area contributed by atoms with Gasteiger partial charge in [-0.25, -0.2) is 0 Å². The van der Waals surface area contributed by atoms with E-state index in [2.05, 4.69) is 36.5 Å². The highest BCUT2D eigenvalue weighted by Gasteiger charge is 1.82. The van der Waals surface area contributed by atoms with Gasteiger partial charge in [0.1, 0.15) is 0 Å². The van der Waals surface area contributed by atoms with Crippen molar-refractivity contribution in [3.8, 4) is 0 Å². The predicted octanol–water partition coefficient (Wildman–Crippen LogP) is 4.01. The quantitative estimate of drug-likeness (QED) is 0.472. The minimum atomic E-state index is 1.21. The number of hydrogen-bond acceptors (Lipinski definition) is 0. The highest BCUT2D eigenvalue weighted by Crippen LogP contribution is 2.02. The first-order chi connectivity index (χ1) is 6.00. The van der Waals surface area contributed by atoms with Crippen LogP contribution in [0.15, 0.2) is 36.5 Å². The van der Waals surface area contributed by atoms with Crippen molar-refractivity contribution in [3.05, 3.63) is 36.5 Å². The van der Waals surface area contributed by atoms with Crippen molar-refractivity contribution < 1.29 is 0 Å². The molecule has 0 nitrogen and oxygen atoms in total. The van der Waals surface area contributed by atoms with Crippen molar-refractivity contribution in [1.82, 2.24) is 0 Å². The Morgan fingerprint density at radius 1 is 0.333 bits per heavy atom. The smallest absolute Gasteiger partial charge is 0.0316 e. The summed E-state index contributed by atoms with van der Waals surface area (Å²) in [5, 5.41) is 0. The van der Waals surface area contributed by atoms with Gasteiger partial charge < -0.3 is 0 Å². The highest BCUT2D eigenvalue weighted by atomic mass is 13.9. The van der Waals surface area contributed by atoms with Crippen molar-refractivity contribution in [2.45, 2.75) is 38.5 Å². The molecule has 1 aliphatic carbocycles.